The molecule has 0 aliphatic carbocycles. The van der Waals surface area contributed by atoms with Crippen molar-refractivity contribution in [1.29, 1.82) is 0 Å². The second-order valence-electron chi connectivity index (χ2n) is 7.88. The zero-order chi connectivity index (χ0) is 22.3. The second-order valence-corrected chi connectivity index (χ2v) is 7.88. The van der Waals surface area contributed by atoms with Crippen LogP contribution in [-0.4, -0.2) is 25.8 Å². The first-order valence-corrected chi connectivity index (χ1v) is 11.1. The summed E-state index contributed by atoms with van der Waals surface area (Å²) in [6, 6.07) is 25.2. The number of rotatable bonds is 9. The Morgan fingerprint density at radius 2 is 1.59 bits per heavy atom. The van der Waals surface area contributed by atoms with Gasteiger partial charge in [-0.05, 0) is 29.2 Å². The van der Waals surface area contributed by atoms with Gasteiger partial charge in [0.2, 0.25) is 0 Å². The van der Waals surface area contributed by atoms with Gasteiger partial charge in [-0.1, -0.05) is 92.6 Å². The molecular formula is C27H27N3O2. The summed E-state index contributed by atoms with van der Waals surface area (Å²) in [6.07, 6.45) is 4.33. The standard InChI is InChI=1S/C27H27N3O2/c1-2-3-5-14-25-28-26(22-10-6-4-7-11-22)29-30(25)19-20-15-17-21(18-16-20)23-12-8-9-13-24(23)27(31)32/h4,6-13,15-18H,2-3,5,14,19H2,1H3,(H,31,32). The van der Waals surface area contributed by atoms with Crippen molar-refractivity contribution in [1.82, 2.24) is 14.8 Å². The minimum atomic E-state index is -0.919. The van der Waals surface area contributed by atoms with Crippen molar-refractivity contribution in [2.45, 2.75) is 39.2 Å². The summed E-state index contributed by atoms with van der Waals surface area (Å²) in [5.41, 5.74) is 4.03. The molecule has 0 unspecified atom stereocenters. The van der Waals surface area contributed by atoms with Crippen LogP contribution < -0.4 is 0 Å². The maximum atomic E-state index is 11.5. The van der Waals surface area contributed by atoms with Crippen molar-refractivity contribution < 1.29 is 9.90 Å². The number of carbonyl (C=O) groups is 1. The normalized spacial score (nSPS) is 10.9. The quantitative estimate of drug-likeness (QED) is 0.329. The minimum absolute atomic E-state index is 0.308. The summed E-state index contributed by atoms with van der Waals surface area (Å²) < 4.78 is 2.00. The third kappa shape index (κ3) is 4.94. The smallest absolute Gasteiger partial charge is 0.336 e. The van der Waals surface area contributed by atoms with Crippen LogP contribution in [0.5, 0.6) is 0 Å². The van der Waals surface area contributed by atoms with Crippen molar-refractivity contribution in [3.05, 3.63) is 95.8 Å². The van der Waals surface area contributed by atoms with Crippen LogP contribution in [0.1, 0.15) is 47.9 Å². The molecule has 4 aromatic rings. The molecule has 1 aromatic heterocycles. The molecule has 1 N–H and O–H groups in total. The zero-order valence-electron chi connectivity index (χ0n) is 18.2. The van der Waals surface area contributed by atoms with E-state index in [9.17, 15) is 9.90 Å². The predicted octanol–water partition coefficient (Wildman–Crippen LogP) is 6.09. The molecule has 0 aliphatic heterocycles. The molecule has 5 heteroatoms. The van der Waals surface area contributed by atoms with Gasteiger partial charge in [-0.15, -0.1) is 0 Å². The lowest BCUT2D eigenvalue weighted by Crippen LogP contribution is -2.07. The highest BCUT2D eigenvalue weighted by Gasteiger charge is 2.13. The predicted molar refractivity (Wildman–Crippen MR) is 127 cm³/mol. The Labute approximate surface area is 188 Å². The van der Waals surface area contributed by atoms with Crippen LogP contribution >= 0.6 is 0 Å². The third-order valence-electron chi connectivity index (χ3n) is 5.54. The molecule has 0 aliphatic rings. The van der Waals surface area contributed by atoms with Gasteiger partial charge in [-0.2, -0.15) is 5.10 Å². The number of hydrogen-bond donors (Lipinski definition) is 1. The van der Waals surface area contributed by atoms with Crippen LogP contribution in [0, 0.1) is 0 Å². The molecule has 4 rings (SSSR count). The van der Waals surface area contributed by atoms with Gasteiger partial charge in [0.25, 0.3) is 0 Å². The average Bonchev–Trinajstić information content (AvgIpc) is 3.23. The second kappa shape index (κ2) is 10.1. The van der Waals surface area contributed by atoms with E-state index in [1.165, 1.54) is 12.8 Å². The lowest BCUT2D eigenvalue weighted by atomic mass is 9.99. The highest BCUT2D eigenvalue weighted by molar-refractivity contribution is 5.95. The first-order valence-electron chi connectivity index (χ1n) is 11.1. The van der Waals surface area contributed by atoms with Crippen molar-refractivity contribution >= 4 is 5.97 Å². The Morgan fingerprint density at radius 1 is 0.875 bits per heavy atom. The van der Waals surface area contributed by atoms with Gasteiger partial charge in [0.15, 0.2) is 5.82 Å². The van der Waals surface area contributed by atoms with E-state index in [0.29, 0.717) is 12.1 Å². The molecule has 0 saturated heterocycles. The van der Waals surface area contributed by atoms with Gasteiger partial charge in [0.05, 0.1) is 12.1 Å². The molecule has 0 saturated carbocycles. The van der Waals surface area contributed by atoms with Crippen molar-refractivity contribution in [3.8, 4) is 22.5 Å². The first-order chi connectivity index (χ1) is 15.7. The third-order valence-corrected chi connectivity index (χ3v) is 5.54. The molecular weight excluding hydrogens is 398 g/mol. The summed E-state index contributed by atoms with van der Waals surface area (Å²) in [5, 5.41) is 14.3. The number of aromatic carboxylic acids is 1. The van der Waals surface area contributed by atoms with Gasteiger partial charge < -0.3 is 5.11 Å². The molecule has 3 aromatic carbocycles. The van der Waals surface area contributed by atoms with E-state index in [1.807, 2.05) is 71.4 Å². The number of aromatic nitrogens is 3. The number of carboxylic acids is 1. The van der Waals surface area contributed by atoms with Gasteiger partial charge in [-0.3, -0.25) is 0 Å². The number of hydrogen-bond acceptors (Lipinski definition) is 3. The minimum Gasteiger partial charge on any atom is -0.478 e. The van der Waals surface area contributed by atoms with Gasteiger partial charge in [0, 0.05) is 12.0 Å². The molecule has 162 valence electrons. The van der Waals surface area contributed by atoms with E-state index < -0.39 is 5.97 Å². The zero-order valence-corrected chi connectivity index (χ0v) is 18.2. The van der Waals surface area contributed by atoms with E-state index >= 15 is 0 Å². The van der Waals surface area contributed by atoms with Crippen molar-refractivity contribution in [3.63, 3.8) is 0 Å². The highest BCUT2D eigenvalue weighted by Crippen LogP contribution is 2.25. The van der Waals surface area contributed by atoms with Crippen LogP contribution in [0.3, 0.4) is 0 Å². The van der Waals surface area contributed by atoms with Gasteiger partial charge >= 0.3 is 5.97 Å². The van der Waals surface area contributed by atoms with E-state index in [4.69, 9.17) is 10.1 Å². The SMILES string of the molecule is CCCCCc1nc(-c2ccccc2)nn1Cc1ccc(-c2ccccc2C(=O)O)cc1. The molecule has 0 bridgehead atoms. The molecule has 0 fully saturated rings. The monoisotopic (exact) mass is 425 g/mol. The van der Waals surface area contributed by atoms with Crippen molar-refractivity contribution in [2.24, 2.45) is 0 Å². The highest BCUT2D eigenvalue weighted by atomic mass is 16.4. The summed E-state index contributed by atoms with van der Waals surface area (Å²) in [7, 11) is 0. The van der Waals surface area contributed by atoms with E-state index in [1.54, 1.807) is 12.1 Å². The van der Waals surface area contributed by atoms with E-state index in [2.05, 4.69) is 6.92 Å². The maximum absolute atomic E-state index is 11.5. The average molecular weight is 426 g/mol. The van der Waals surface area contributed by atoms with Crippen molar-refractivity contribution in [2.75, 3.05) is 0 Å². The molecule has 5 nitrogen and oxygen atoms in total. The molecule has 0 atom stereocenters. The summed E-state index contributed by atoms with van der Waals surface area (Å²) in [5.74, 6) is 0.833. The molecule has 32 heavy (non-hydrogen) atoms. The largest absolute Gasteiger partial charge is 0.478 e. The number of carboxylic acid groups (broad SMARTS) is 1. The number of unbranched alkanes of at least 4 members (excludes halogenated alkanes) is 2. The Bertz CT molecular complexity index is 1180. The Kier molecular flexibility index (Phi) is 6.75. The Balaban J connectivity index is 1.59. The summed E-state index contributed by atoms with van der Waals surface area (Å²) in [6.45, 7) is 2.83. The van der Waals surface area contributed by atoms with Crippen LogP contribution in [-0.2, 0) is 13.0 Å². The topological polar surface area (TPSA) is 68.0 Å². The fourth-order valence-corrected chi connectivity index (χ4v) is 3.81. The maximum Gasteiger partial charge on any atom is 0.336 e. The Morgan fingerprint density at radius 3 is 2.31 bits per heavy atom. The number of aryl methyl sites for hydroxylation is 1. The van der Waals surface area contributed by atoms with Crippen LogP contribution in [0.4, 0.5) is 0 Å². The van der Waals surface area contributed by atoms with E-state index in [-0.39, 0.29) is 0 Å². The number of nitrogens with zero attached hydrogens (tertiary/aromatic N) is 3. The van der Waals surface area contributed by atoms with E-state index in [0.717, 1.165) is 46.7 Å². The van der Waals surface area contributed by atoms with Crippen LogP contribution in [0.25, 0.3) is 22.5 Å². The fraction of sp³-hybridized carbons (Fsp3) is 0.222. The summed E-state index contributed by atoms with van der Waals surface area (Å²) >= 11 is 0. The van der Waals surface area contributed by atoms with Crippen LogP contribution in [0.2, 0.25) is 0 Å². The molecule has 1 heterocycles. The van der Waals surface area contributed by atoms with Gasteiger partial charge in [0.1, 0.15) is 5.82 Å². The summed E-state index contributed by atoms with van der Waals surface area (Å²) in [4.78, 5) is 16.4. The molecule has 0 spiro atoms. The lowest BCUT2D eigenvalue weighted by molar-refractivity contribution is 0.0697. The van der Waals surface area contributed by atoms with Gasteiger partial charge in [-0.25, -0.2) is 14.5 Å². The first kappa shape index (κ1) is 21.5. The number of benzene rings is 3. The molecule has 0 radical (unpaired) electrons. The van der Waals surface area contributed by atoms with Crippen LogP contribution in [0.15, 0.2) is 78.9 Å². The lowest BCUT2D eigenvalue weighted by Gasteiger charge is -2.09. The fourth-order valence-electron chi connectivity index (χ4n) is 3.81. The Hall–Kier alpha value is -3.73. The molecule has 0 amide bonds.